The number of anilines is 1. The summed E-state index contributed by atoms with van der Waals surface area (Å²) in [5, 5.41) is 4.20. The number of benzene rings is 2. The number of nitrogens with zero attached hydrogens (tertiary/aromatic N) is 1. The van der Waals surface area contributed by atoms with E-state index in [1.165, 1.54) is 20.1 Å². The molecule has 0 aliphatic heterocycles. The van der Waals surface area contributed by atoms with Crippen molar-refractivity contribution in [1.29, 1.82) is 0 Å². The molecule has 170 valence electrons. The number of nitrogens with one attached hydrogen (secondary N) is 1. The van der Waals surface area contributed by atoms with Gasteiger partial charge in [0.25, 0.3) is 0 Å². The Balaban J connectivity index is 1.96. The maximum atomic E-state index is 12.6. The van der Waals surface area contributed by atoms with E-state index >= 15 is 0 Å². The highest BCUT2D eigenvalue weighted by atomic mass is 35.5. The molecule has 0 saturated carbocycles. The molecule has 0 bridgehead atoms. The fourth-order valence-electron chi connectivity index (χ4n) is 2.82. The monoisotopic (exact) mass is 524 g/mol. The molecule has 11 heteroatoms. The molecule has 0 aromatic heterocycles. The number of halogens is 3. The Kier molecular flexibility index (Phi) is 9.64. The predicted octanol–water partition coefficient (Wildman–Crippen LogP) is 4.86. The van der Waals surface area contributed by atoms with E-state index < -0.39 is 22.0 Å². The number of rotatable bonds is 10. The van der Waals surface area contributed by atoms with Crippen molar-refractivity contribution in [3.8, 4) is 5.75 Å². The number of carbonyl (C=O) groups is 1. The highest BCUT2D eigenvalue weighted by Gasteiger charge is 2.29. The quantitative estimate of drug-likeness (QED) is 0.448. The summed E-state index contributed by atoms with van der Waals surface area (Å²) in [6, 6.07) is 8.92. The second-order valence-electron chi connectivity index (χ2n) is 6.63. The molecule has 1 amide bonds. The third kappa shape index (κ3) is 7.36. The SMILES string of the molecule is COc1ccc(N([C@@H](C)C(=O)NCCSCc2ccc(Cl)cc2Cl)S(C)(=O)=O)cc1Cl. The molecule has 2 aromatic carbocycles. The maximum absolute atomic E-state index is 12.6. The lowest BCUT2D eigenvalue weighted by atomic mass is 10.2. The van der Waals surface area contributed by atoms with Crippen LogP contribution in [0.2, 0.25) is 15.1 Å². The van der Waals surface area contributed by atoms with Crippen LogP contribution in [0.3, 0.4) is 0 Å². The average molecular weight is 526 g/mol. The van der Waals surface area contributed by atoms with Crippen molar-refractivity contribution in [2.75, 3.05) is 30.0 Å². The van der Waals surface area contributed by atoms with Crippen molar-refractivity contribution in [3.05, 3.63) is 57.0 Å². The summed E-state index contributed by atoms with van der Waals surface area (Å²) >= 11 is 19.8. The molecule has 0 aliphatic carbocycles. The number of sulfonamides is 1. The van der Waals surface area contributed by atoms with Gasteiger partial charge in [-0.05, 0) is 42.8 Å². The van der Waals surface area contributed by atoms with Crippen molar-refractivity contribution in [3.63, 3.8) is 0 Å². The molecule has 6 nitrogen and oxygen atoms in total. The number of methoxy groups -OCH3 is 1. The van der Waals surface area contributed by atoms with Gasteiger partial charge in [0.05, 0.1) is 24.1 Å². The van der Waals surface area contributed by atoms with Gasteiger partial charge < -0.3 is 10.1 Å². The molecule has 31 heavy (non-hydrogen) atoms. The number of amides is 1. The highest BCUT2D eigenvalue weighted by molar-refractivity contribution is 7.98. The Morgan fingerprint density at radius 3 is 2.45 bits per heavy atom. The zero-order valence-corrected chi connectivity index (χ0v) is 21.1. The lowest BCUT2D eigenvalue weighted by Gasteiger charge is -2.28. The molecule has 1 N–H and O–H groups in total. The molecule has 0 radical (unpaired) electrons. The maximum Gasteiger partial charge on any atom is 0.243 e. The third-order valence-corrected chi connectivity index (χ3v) is 7.43. The van der Waals surface area contributed by atoms with Gasteiger partial charge in [-0.3, -0.25) is 9.10 Å². The van der Waals surface area contributed by atoms with Crippen LogP contribution in [0.15, 0.2) is 36.4 Å². The first-order valence-corrected chi connectivity index (χ1v) is 13.3. The zero-order chi connectivity index (χ0) is 23.2. The normalized spacial score (nSPS) is 12.3. The molecule has 0 fully saturated rings. The first kappa shape index (κ1) is 25.9. The van der Waals surface area contributed by atoms with Gasteiger partial charge in [0.15, 0.2) is 0 Å². The first-order chi connectivity index (χ1) is 14.5. The van der Waals surface area contributed by atoms with Gasteiger partial charge >= 0.3 is 0 Å². The molecular weight excluding hydrogens is 503 g/mol. The van der Waals surface area contributed by atoms with Crippen LogP contribution in [0.4, 0.5) is 5.69 Å². The average Bonchev–Trinajstić information content (AvgIpc) is 2.68. The second kappa shape index (κ2) is 11.5. The van der Waals surface area contributed by atoms with Crippen molar-refractivity contribution < 1.29 is 17.9 Å². The lowest BCUT2D eigenvalue weighted by molar-refractivity contribution is -0.121. The number of hydrogen-bond acceptors (Lipinski definition) is 5. The van der Waals surface area contributed by atoms with Crippen molar-refractivity contribution in [2.45, 2.75) is 18.7 Å². The summed E-state index contributed by atoms with van der Waals surface area (Å²) in [5.41, 5.74) is 1.23. The summed E-state index contributed by atoms with van der Waals surface area (Å²) in [6.45, 7) is 1.90. The molecular formula is C20H23Cl3N2O4S2. The van der Waals surface area contributed by atoms with E-state index in [0.29, 0.717) is 33.8 Å². The van der Waals surface area contributed by atoms with Gasteiger partial charge in [-0.1, -0.05) is 40.9 Å². The van der Waals surface area contributed by atoms with Crippen molar-refractivity contribution >= 4 is 68.2 Å². The summed E-state index contributed by atoms with van der Waals surface area (Å²) < 4.78 is 30.9. The standard InChI is InChI=1S/C20H23Cl3N2O4S2/c1-13(25(31(3,27)28)16-6-7-19(29-2)18(23)11-16)20(26)24-8-9-30-12-14-4-5-15(21)10-17(14)22/h4-7,10-11,13H,8-9,12H2,1-3H3,(H,24,26)/t13-/m0/s1. The van der Waals surface area contributed by atoms with E-state index in [-0.39, 0.29) is 10.7 Å². The van der Waals surface area contributed by atoms with Gasteiger partial charge in [0.1, 0.15) is 11.8 Å². The van der Waals surface area contributed by atoms with Crippen molar-refractivity contribution in [2.24, 2.45) is 0 Å². The lowest BCUT2D eigenvalue weighted by Crippen LogP contribution is -2.48. The fourth-order valence-corrected chi connectivity index (χ4v) is 5.65. The van der Waals surface area contributed by atoms with Crippen LogP contribution in [0.5, 0.6) is 5.75 Å². The fraction of sp³-hybridized carbons (Fsp3) is 0.350. The molecule has 2 aromatic rings. The largest absolute Gasteiger partial charge is 0.495 e. The molecule has 0 aliphatic rings. The van der Waals surface area contributed by atoms with Crippen LogP contribution < -0.4 is 14.4 Å². The van der Waals surface area contributed by atoms with Crippen LogP contribution in [0.25, 0.3) is 0 Å². The Hall–Kier alpha value is -1.32. The predicted molar refractivity (Wildman–Crippen MR) is 130 cm³/mol. The van der Waals surface area contributed by atoms with E-state index in [2.05, 4.69) is 5.32 Å². The van der Waals surface area contributed by atoms with E-state index in [1.54, 1.807) is 36.0 Å². The zero-order valence-electron chi connectivity index (χ0n) is 17.2. The Morgan fingerprint density at radius 1 is 1.16 bits per heavy atom. The van der Waals surface area contributed by atoms with Gasteiger partial charge in [-0.2, -0.15) is 11.8 Å². The summed E-state index contributed by atoms with van der Waals surface area (Å²) in [7, 11) is -2.27. The minimum atomic E-state index is -3.74. The number of thioether (sulfide) groups is 1. The van der Waals surface area contributed by atoms with Crippen LogP contribution >= 0.6 is 46.6 Å². The van der Waals surface area contributed by atoms with Gasteiger partial charge in [-0.15, -0.1) is 0 Å². The minimum absolute atomic E-state index is 0.249. The van der Waals surface area contributed by atoms with Crippen LogP contribution in [-0.2, 0) is 20.6 Å². The Bertz CT molecular complexity index is 1040. The molecule has 0 saturated heterocycles. The number of hydrogen-bond donors (Lipinski definition) is 1. The number of ether oxygens (including phenoxy) is 1. The highest BCUT2D eigenvalue weighted by Crippen LogP contribution is 2.31. The minimum Gasteiger partial charge on any atom is -0.495 e. The van der Waals surface area contributed by atoms with Crippen LogP contribution in [-0.4, -0.2) is 46.0 Å². The Labute approximate surface area is 202 Å². The molecule has 0 unspecified atom stereocenters. The summed E-state index contributed by atoms with van der Waals surface area (Å²) in [4.78, 5) is 12.6. The third-order valence-electron chi connectivity index (χ3n) is 4.30. The van der Waals surface area contributed by atoms with E-state index in [9.17, 15) is 13.2 Å². The summed E-state index contributed by atoms with van der Waals surface area (Å²) in [5.74, 6) is 1.29. The number of carbonyl (C=O) groups excluding carboxylic acids is 1. The van der Waals surface area contributed by atoms with E-state index in [0.717, 1.165) is 16.1 Å². The summed E-state index contributed by atoms with van der Waals surface area (Å²) in [6.07, 6.45) is 1.04. The molecule has 2 rings (SSSR count). The topological polar surface area (TPSA) is 75.7 Å². The molecule has 0 heterocycles. The molecule has 0 spiro atoms. The van der Waals surface area contributed by atoms with Crippen molar-refractivity contribution in [1.82, 2.24) is 5.32 Å². The van der Waals surface area contributed by atoms with E-state index in [1.807, 2.05) is 6.07 Å². The van der Waals surface area contributed by atoms with Crippen LogP contribution in [0.1, 0.15) is 12.5 Å². The Morgan fingerprint density at radius 2 is 1.87 bits per heavy atom. The van der Waals surface area contributed by atoms with Gasteiger partial charge in [-0.25, -0.2) is 8.42 Å². The van der Waals surface area contributed by atoms with Gasteiger partial charge in [0.2, 0.25) is 15.9 Å². The first-order valence-electron chi connectivity index (χ1n) is 9.17. The molecule has 1 atom stereocenters. The second-order valence-corrected chi connectivity index (χ2v) is 10.8. The van der Waals surface area contributed by atoms with Crippen LogP contribution in [0, 0.1) is 0 Å². The van der Waals surface area contributed by atoms with E-state index in [4.69, 9.17) is 39.5 Å². The smallest absolute Gasteiger partial charge is 0.243 e. The van der Waals surface area contributed by atoms with Gasteiger partial charge in [0, 0.05) is 28.1 Å².